The molecule has 21 heavy (non-hydrogen) atoms. The van der Waals surface area contributed by atoms with Gasteiger partial charge < -0.3 is 14.4 Å². The van der Waals surface area contributed by atoms with Gasteiger partial charge in [0.25, 0.3) is 0 Å². The van der Waals surface area contributed by atoms with E-state index in [0.29, 0.717) is 12.2 Å². The van der Waals surface area contributed by atoms with Crippen molar-refractivity contribution in [3.8, 4) is 0 Å². The van der Waals surface area contributed by atoms with Crippen molar-refractivity contribution in [1.82, 2.24) is 4.90 Å². The molecule has 2 fully saturated rings. The average molecular weight is 293 g/mol. The number of nitrogens with zero attached hydrogens (tertiary/aromatic N) is 1. The van der Waals surface area contributed by atoms with Gasteiger partial charge in [-0.1, -0.05) is 12.2 Å². The molecule has 0 amide bonds. The fourth-order valence-corrected chi connectivity index (χ4v) is 3.83. The van der Waals surface area contributed by atoms with Crippen LogP contribution in [-0.2, 0) is 9.47 Å². The summed E-state index contributed by atoms with van der Waals surface area (Å²) in [4.78, 5) is 2.65. The normalized spacial score (nSPS) is 32.4. The van der Waals surface area contributed by atoms with Crippen molar-refractivity contribution in [2.75, 3.05) is 32.8 Å². The average Bonchev–Trinajstić information content (AvgIpc) is 2.56. The molecule has 3 rings (SSSR count). The monoisotopic (exact) mass is 293 g/mol. The smallest absolute Gasteiger partial charge is 0.0808 e. The summed E-state index contributed by atoms with van der Waals surface area (Å²) in [6.45, 7) is 5.48. The van der Waals surface area contributed by atoms with Crippen molar-refractivity contribution in [2.45, 2.75) is 63.6 Å². The van der Waals surface area contributed by atoms with Gasteiger partial charge in [-0.15, -0.1) is 0 Å². The number of ether oxygens (including phenoxy) is 2. The number of piperidine rings is 1. The first-order valence-electron chi connectivity index (χ1n) is 9.01. The predicted molar refractivity (Wildman–Crippen MR) is 85.5 cm³/mol. The third-order valence-corrected chi connectivity index (χ3v) is 5.22. The molecule has 2 heterocycles. The summed E-state index contributed by atoms with van der Waals surface area (Å²) < 4.78 is 11.8. The Balaban J connectivity index is 1.30. The zero-order valence-electron chi connectivity index (χ0n) is 13.3. The minimum atomic E-state index is 0.366. The molecule has 0 radical (unpaired) electrons. The molecule has 0 spiro atoms. The zero-order valence-corrected chi connectivity index (χ0v) is 13.3. The van der Waals surface area contributed by atoms with E-state index in [-0.39, 0.29) is 0 Å². The molecule has 2 aliphatic heterocycles. The molecule has 2 atom stereocenters. The van der Waals surface area contributed by atoms with Gasteiger partial charge in [0.1, 0.15) is 0 Å². The van der Waals surface area contributed by atoms with Crippen LogP contribution < -0.4 is 0 Å². The van der Waals surface area contributed by atoms with E-state index in [0.717, 1.165) is 19.1 Å². The second-order valence-corrected chi connectivity index (χ2v) is 6.97. The lowest BCUT2D eigenvalue weighted by Gasteiger charge is -2.35. The number of hydrogen-bond donors (Lipinski definition) is 0. The van der Waals surface area contributed by atoms with Gasteiger partial charge in [-0.05, 0) is 57.3 Å². The first-order valence-corrected chi connectivity index (χ1v) is 9.01. The summed E-state index contributed by atoms with van der Waals surface area (Å²) in [7, 11) is 0. The Bertz CT molecular complexity index is 317. The highest BCUT2D eigenvalue weighted by Gasteiger charge is 2.23. The van der Waals surface area contributed by atoms with Crippen molar-refractivity contribution >= 4 is 0 Å². The van der Waals surface area contributed by atoms with E-state index in [2.05, 4.69) is 17.1 Å². The van der Waals surface area contributed by atoms with E-state index >= 15 is 0 Å². The molecule has 2 unspecified atom stereocenters. The van der Waals surface area contributed by atoms with E-state index in [1.165, 1.54) is 71.0 Å². The molecule has 3 nitrogen and oxygen atoms in total. The number of likely N-dealkylation sites (tertiary alicyclic amines) is 1. The maximum absolute atomic E-state index is 6.10. The molecule has 2 saturated heterocycles. The van der Waals surface area contributed by atoms with Crippen molar-refractivity contribution < 1.29 is 9.47 Å². The van der Waals surface area contributed by atoms with Gasteiger partial charge in [-0.3, -0.25) is 0 Å². The molecule has 0 aromatic rings. The second kappa shape index (κ2) is 8.30. The highest BCUT2D eigenvalue weighted by Crippen LogP contribution is 2.22. The molecule has 3 heteroatoms. The summed E-state index contributed by atoms with van der Waals surface area (Å²) in [5.41, 5.74) is 0. The molecule has 0 aromatic carbocycles. The zero-order chi connectivity index (χ0) is 14.3. The van der Waals surface area contributed by atoms with Crippen molar-refractivity contribution in [3.05, 3.63) is 12.2 Å². The van der Waals surface area contributed by atoms with Crippen molar-refractivity contribution in [3.63, 3.8) is 0 Å². The van der Waals surface area contributed by atoms with E-state index in [9.17, 15) is 0 Å². The molecular formula is C18H31NO2. The largest absolute Gasteiger partial charge is 0.376 e. The lowest BCUT2D eigenvalue weighted by Crippen LogP contribution is -2.40. The van der Waals surface area contributed by atoms with E-state index in [1.807, 2.05) is 0 Å². The van der Waals surface area contributed by atoms with Crippen LogP contribution in [0.3, 0.4) is 0 Å². The fourth-order valence-electron chi connectivity index (χ4n) is 3.83. The molecule has 1 aliphatic carbocycles. The van der Waals surface area contributed by atoms with Crippen LogP contribution in [0.2, 0.25) is 0 Å². The lowest BCUT2D eigenvalue weighted by molar-refractivity contribution is -0.0755. The number of rotatable bonds is 5. The summed E-state index contributed by atoms with van der Waals surface area (Å²) in [5, 5.41) is 0. The molecular weight excluding hydrogens is 262 g/mol. The first-order chi connectivity index (χ1) is 10.4. The Morgan fingerprint density at radius 1 is 1.05 bits per heavy atom. The highest BCUT2D eigenvalue weighted by atomic mass is 16.5. The second-order valence-electron chi connectivity index (χ2n) is 6.97. The summed E-state index contributed by atoms with van der Waals surface area (Å²) >= 11 is 0. The van der Waals surface area contributed by atoms with Gasteiger partial charge in [0.15, 0.2) is 0 Å². The van der Waals surface area contributed by atoms with Crippen LogP contribution in [0.15, 0.2) is 12.2 Å². The third-order valence-electron chi connectivity index (χ3n) is 5.22. The minimum Gasteiger partial charge on any atom is -0.376 e. The lowest BCUT2D eigenvalue weighted by atomic mass is 9.93. The van der Waals surface area contributed by atoms with E-state index in [4.69, 9.17) is 9.47 Å². The van der Waals surface area contributed by atoms with Gasteiger partial charge in [0.05, 0.1) is 18.8 Å². The minimum absolute atomic E-state index is 0.366. The fraction of sp³-hybridized carbons (Fsp3) is 0.889. The maximum atomic E-state index is 6.10. The van der Waals surface area contributed by atoms with Crippen molar-refractivity contribution in [1.29, 1.82) is 0 Å². The highest BCUT2D eigenvalue weighted by molar-refractivity contribution is 4.91. The van der Waals surface area contributed by atoms with E-state index in [1.54, 1.807) is 0 Å². The van der Waals surface area contributed by atoms with Gasteiger partial charge in [0, 0.05) is 26.2 Å². The first kappa shape index (κ1) is 15.5. The Hall–Kier alpha value is -0.380. The Labute approximate surface area is 129 Å². The molecule has 120 valence electrons. The summed E-state index contributed by atoms with van der Waals surface area (Å²) in [6, 6.07) is 0. The topological polar surface area (TPSA) is 21.7 Å². The SMILES string of the molecule is C1=CCC(CN2CCC(OCC3CCCCO3)CC2)CC1. The van der Waals surface area contributed by atoms with Gasteiger partial charge in [-0.2, -0.15) is 0 Å². The Morgan fingerprint density at radius 3 is 2.67 bits per heavy atom. The molecule has 0 bridgehead atoms. The quantitative estimate of drug-likeness (QED) is 0.725. The molecule has 3 aliphatic rings. The molecule has 0 aromatic heterocycles. The molecule has 0 N–H and O–H groups in total. The number of hydrogen-bond acceptors (Lipinski definition) is 3. The van der Waals surface area contributed by atoms with Gasteiger partial charge >= 0.3 is 0 Å². The van der Waals surface area contributed by atoms with Crippen LogP contribution in [0.25, 0.3) is 0 Å². The van der Waals surface area contributed by atoms with Crippen molar-refractivity contribution in [2.24, 2.45) is 5.92 Å². The Morgan fingerprint density at radius 2 is 1.95 bits per heavy atom. The summed E-state index contributed by atoms with van der Waals surface area (Å²) in [5.74, 6) is 0.892. The third kappa shape index (κ3) is 5.08. The van der Waals surface area contributed by atoms with E-state index < -0.39 is 0 Å². The van der Waals surface area contributed by atoms with Crippen LogP contribution in [0.4, 0.5) is 0 Å². The maximum Gasteiger partial charge on any atom is 0.0808 e. The van der Waals surface area contributed by atoms with Crippen LogP contribution >= 0.6 is 0 Å². The summed E-state index contributed by atoms with van der Waals surface area (Å²) in [6.07, 6.45) is 15.6. The Kier molecular flexibility index (Phi) is 6.13. The van der Waals surface area contributed by atoms with Crippen LogP contribution in [0, 0.1) is 5.92 Å². The molecule has 0 saturated carbocycles. The standard InChI is InChI=1S/C18H31NO2/c1-2-6-16(7-3-1)14-19-11-9-17(10-12-19)21-15-18-8-4-5-13-20-18/h1-2,16-18H,3-15H2. The van der Waals surface area contributed by atoms with Crippen LogP contribution in [0.5, 0.6) is 0 Å². The van der Waals surface area contributed by atoms with Gasteiger partial charge in [0.2, 0.25) is 0 Å². The number of allylic oxidation sites excluding steroid dienone is 2. The van der Waals surface area contributed by atoms with Crippen LogP contribution in [-0.4, -0.2) is 50.0 Å². The van der Waals surface area contributed by atoms with Crippen LogP contribution in [0.1, 0.15) is 51.4 Å². The van der Waals surface area contributed by atoms with Gasteiger partial charge in [-0.25, -0.2) is 0 Å². The predicted octanol–water partition coefficient (Wildman–Crippen LogP) is 3.39.